The lowest BCUT2D eigenvalue weighted by Crippen LogP contribution is -2.27. The van der Waals surface area contributed by atoms with Gasteiger partial charge in [-0.15, -0.1) is 0 Å². The van der Waals surface area contributed by atoms with E-state index in [1.165, 1.54) is 17.5 Å². The third-order valence-electron chi connectivity index (χ3n) is 4.90. The quantitative estimate of drug-likeness (QED) is 0.725. The molecular formula is C21H21NO2. The van der Waals surface area contributed by atoms with E-state index < -0.39 is 0 Å². The first-order chi connectivity index (χ1) is 11.7. The number of aryl methyl sites for hydroxylation is 2. The Morgan fingerprint density at radius 1 is 1.12 bits per heavy atom. The molecule has 0 fully saturated rings. The minimum atomic E-state index is 0.113. The minimum absolute atomic E-state index is 0.113. The Morgan fingerprint density at radius 3 is 2.67 bits per heavy atom. The molecule has 3 aromatic rings. The molecule has 0 radical (unpaired) electrons. The Hall–Kier alpha value is -2.55. The summed E-state index contributed by atoms with van der Waals surface area (Å²) in [6, 6.07) is 14.4. The molecule has 4 rings (SSSR count). The predicted molar refractivity (Wildman–Crippen MR) is 94.9 cm³/mol. The van der Waals surface area contributed by atoms with Crippen LogP contribution in [0.5, 0.6) is 0 Å². The molecule has 1 aliphatic rings. The monoisotopic (exact) mass is 319 g/mol. The van der Waals surface area contributed by atoms with Gasteiger partial charge in [-0.05, 0) is 48.1 Å². The predicted octanol–water partition coefficient (Wildman–Crippen LogP) is 4.12. The van der Waals surface area contributed by atoms with Crippen LogP contribution in [0, 0.1) is 0 Å². The molecule has 0 spiro atoms. The standard InChI is InChI=1S/C21H21NO2/c1-22(13-15-6-3-2-4-7-15)21(23)12-18-14-24-20-11-17-9-5-8-16(17)10-19(18)20/h2-4,6-7,10-11,14H,5,8-9,12-13H2,1H3. The summed E-state index contributed by atoms with van der Waals surface area (Å²) in [6.07, 6.45) is 5.62. The van der Waals surface area contributed by atoms with Gasteiger partial charge in [0.15, 0.2) is 0 Å². The van der Waals surface area contributed by atoms with Crippen LogP contribution in [0.15, 0.2) is 53.1 Å². The second kappa shape index (κ2) is 6.16. The average molecular weight is 319 g/mol. The lowest BCUT2D eigenvalue weighted by molar-refractivity contribution is -0.129. The maximum Gasteiger partial charge on any atom is 0.227 e. The van der Waals surface area contributed by atoms with E-state index >= 15 is 0 Å². The van der Waals surface area contributed by atoms with Crippen molar-refractivity contribution in [2.75, 3.05) is 7.05 Å². The third kappa shape index (κ3) is 2.82. The Morgan fingerprint density at radius 2 is 1.88 bits per heavy atom. The summed E-state index contributed by atoms with van der Waals surface area (Å²) in [5.41, 5.74) is 5.85. The first-order valence-electron chi connectivity index (χ1n) is 8.50. The number of hydrogen-bond donors (Lipinski definition) is 0. The van der Waals surface area contributed by atoms with Gasteiger partial charge in [-0.1, -0.05) is 30.3 Å². The fraction of sp³-hybridized carbons (Fsp3) is 0.286. The molecule has 1 aromatic heterocycles. The Bertz CT molecular complexity index is 879. The molecule has 0 aliphatic heterocycles. The number of carbonyl (C=O) groups is 1. The molecule has 0 bridgehead atoms. The molecule has 0 atom stereocenters. The molecule has 122 valence electrons. The van der Waals surface area contributed by atoms with E-state index in [9.17, 15) is 4.79 Å². The Balaban J connectivity index is 1.52. The number of nitrogens with zero attached hydrogens (tertiary/aromatic N) is 1. The first-order valence-corrected chi connectivity index (χ1v) is 8.50. The highest BCUT2D eigenvalue weighted by Crippen LogP contribution is 2.30. The molecule has 0 N–H and O–H groups in total. The van der Waals surface area contributed by atoms with Crippen molar-refractivity contribution in [2.45, 2.75) is 32.2 Å². The highest BCUT2D eigenvalue weighted by molar-refractivity contribution is 5.88. The molecular weight excluding hydrogens is 298 g/mol. The SMILES string of the molecule is CN(Cc1ccccc1)C(=O)Cc1coc2cc3c(cc12)CCC3. The lowest BCUT2D eigenvalue weighted by atomic mass is 10.0. The van der Waals surface area contributed by atoms with Crippen molar-refractivity contribution >= 4 is 16.9 Å². The van der Waals surface area contributed by atoms with Crippen LogP contribution in [0.1, 0.15) is 28.7 Å². The van der Waals surface area contributed by atoms with Crippen LogP contribution in [0.2, 0.25) is 0 Å². The summed E-state index contributed by atoms with van der Waals surface area (Å²) in [5, 5.41) is 1.09. The van der Waals surface area contributed by atoms with Gasteiger partial charge in [0, 0.05) is 24.5 Å². The largest absolute Gasteiger partial charge is 0.464 e. The maximum atomic E-state index is 12.6. The van der Waals surface area contributed by atoms with E-state index in [0.717, 1.165) is 34.9 Å². The summed E-state index contributed by atoms with van der Waals surface area (Å²) in [7, 11) is 1.86. The summed E-state index contributed by atoms with van der Waals surface area (Å²) in [6.45, 7) is 0.630. The summed E-state index contributed by atoms with van der Waals surface area (Å²) < 4.78 is 5.70. The molecule has 3 heteroatoms. The van der Waals surface area contributed by atoms with Gasteiger partial charge in [0.2, 0.25) is 5.91 Å². The number of fused-ring (bicyclic) bond motifs is 2. The van der Waals surface area contributed by atoms with E-state index in [1.54, 1.807) is 11.2 Å². The van der Waals surface area contributed by atoms with Crippen LogP contribution in [0.4, 0.5) is 0 Å². The number of amides is 1. The van der Waals surface area contributed by atoms with E-state index in [4.69, 9.17) is 4.42 Å². The molecule has 0 saturated heterocycles. The highest BCUT2D eigenvalue weighted by Gasteiger charge is 2.18. The molecule has 2 aromatic carbocycles. The molecule has 1 heterocycles. The fourth-order valence-electron chi connectivity index (χ4n) is 3.53. The van der Waals surface area contributed by atoms with Gasteiger partial charge in [0.1, 0.15) is 5.58 Å². The van der Waals surface area contributed by atoms with E-state index in [0.29, 0.717) is 13.0 Å². The van der Waals surface area contributed by atoms with Crippen molar-refractivity contribution in [3.63, 3.8) is 0 Å². The van der Waals surface area contributed by atoms with Crippen LogP contribution < -0.4 is 0 Å². The molecule has 0 unspecified atom stereocenters. The van der Waals surface area contributed by atoms with Crippen LogP contribution in [0.25, 0.3) is 11.0 Å². The third-order valence-corrected chi connectivity index (χ3v) is 4.90. The average Bonchev–Trinajstić information content (AvgIpc) is 3.20. The molecule has 1 aliphatic carbocycles. The van der Waals surface area contributed by atoms with E-state index in [-0.39, 0.29) is 5.91 Å². The topological polar surface area (TPSA) is 33.5 Å². The van der Waals surface area contributed by atoms with Crippen LogP contribution in [-0.2, 0) is 30.6 Å². The van der Waals surface area contributed by atoms with Gasteiger partial charge < -0.3 is 9.32 Å². The van der Waals surface area contributed by atoms with Gasteiger partial charge in [0.25, 0.3) is 0 Å². The summed E-state index contributed by atoms with van der Waals surface area (Å²) >= 11 is 0. The van der Waals surface area contributed by atoms with Crippen molar-refractivity contribution in [3.8, 4) is 0 Å². The van der Waals surface area contributed by atoms with Crippen LogP contribution in [-0.4, -0.2) is 17.9 Å². The highest BCUT2D eigenvalue weighted by atomic mass is 16.3. The number of carbonyl (C=O) groups excluding carboxylic acids is 1. The molecule has 0 saturated carbocycles. The number of hydrogen-bond acceptors (Lipinski definition) is 2. The summed E-state index contributed by atoms with van der Waals surface area (Å²) in [4.78, 5) is 14.4. The lowest BCUT2D eigenvalue weighted by Gasteiger charge is -2.17. The van der Waals surface area contributed by atoms with Crippen molar-refractivity contribution in [2.24, 2.45) is 0 Å². The Kier molecular flexibility index (Phi) is 3.85. The van der Waals surface area contributed by atoms with Crippen molar-refractivity contribution in [1.29, 1.82) is 0 Å². The smallest absolute Gasteiger partial charge is 0.227 e. The van der Waals surface area contributed by atoms with Crippen molar-refractivity contribution in [3.05, 3.63) is 71.0 Å². The second-order valence-corrected chi connectivity index (χ2v) is 6.64. The number of furan rings is 1. The zero-order chi connectivity index (χ0) is 16.5. The normalized spacial score (nSPS) is 13.2. The van der Waals surface area contributed by atoms with E-state index in [2.05, 4.69) is 12.1 Å². The maximum absolute atomic E-state index is 12.6. The van der Waals surface area contributed by atoms with Gasteiger partial charge in [-0.25, -0.2) is 0 Å². The van der Waals surface area contributed by atoms with Crippen LogP contribution in [0.3, 0.4) is 0 Å². The van der Waals surface area contributed by atoms with Crippen molar-refractivity contribution < 1.29 is 9.21 Å². The number of benzene rings is 2. The second-order valence-electron chi connectivity index (χ2n) is 6.64. The van der Waals surface area contributed by atoms with Gasteiger partial charge in [-0.3, -0.25) is 4.79 Å². The summed E-state index contributed by atoms with van der Waals surface area (Å²) in [5.74, 6) is 0.113. The first kappa shape index (κ1) is 15.0. The van der Waals surface area contributed by atoms with Crippen molar-refractivity contribution in [1.82, 2.24) is 4.90 Å². The Labute approximate surface area is 141 Å². The zero-order valence-electron chi connectivity index (χ0n) is 13.9. The van der Waals surface area contributed by atoms with Gasteiger partial charge in [-0.2, -0.15) is 0 Å². The molecule has 24 heavy (non-hydrogen) atoms. The fourth-order valence-corrected chi connectivity index (χ4v) is 3.53. The minimum Gasteiger partial charge on any atom is -0.464 e. The van der Waals surface area contributed by atoms with Gasteiger partial charge >= 0.3 is 0 Å². The number of likely N-dealkylation sites (N-methyl/N-ethyl adjacent to an activating group) is 1. The van der Waals surface area contributed by atoms with Gasteiger partial charge in [0.05, 0.1) is 12.7 Å². The zero-order valence-corrected chi connectivity index (χ0v) is 13.9. The molecule has 3 nitrogen and oxygen atoms in total. The van der Waals surface area contributed by atoms with Crippen LogP contribution >= 0.6 is 0 Å². The number of rotatable bonds is 4. The van der Waals surface area contributed by atoms with E-state index in [1.807, 2.05) is 37.4 Å². The molecule has 1 amide bonds.